The molecule has 17 heavy (non-hydrogen) atoms. The lowest BCUT2D eigenvalue weighted by Gasteiger charge is -2.09. The van der Waals surface area contributed by atoms with E-state index < -0.39 is 0 Å². The van der Waals surface area contributed by atoms with Gasteiger partial charge in [-0.1, -0.05) is 23.7 Å². The van der Waals surface area contributed by atoms with E-state index in [4.69, 9.17) is 22.1 Å². The van der Waals surface area contributed by atoms with Crippen molar-refractivity contribution in [3.05, 3.63) is 57.5 Å². The van der Waals surface area contributed by atoms with Crippen molar-refractivity contribution in [1.29, 1.82) is 0 Å². The first kappa shape index (κ1) is 12.3. The molecule has 0 saturated heterocycles. The number of benzene rings is 2. The molecule has 0 saturated carbocycles. The summed E-state index contributed by atoms with van der Waals surface area (Å²) in [5.74, 6) is 0.727. The van der Waals surface area contributed by atoms with E-state index >= 15 is 0 Å². The molecule has 2 N–H and O–H groups in total. The summed E-state index contributed by atoms with van der Waals surface area (Å²) in [6.07, 6.45) is 0. The van der Waals surface area contributed by atoms with Crippen molar-refractivity contribution in [1.82, 2.24) is 0 Å². The van der Waals surface area contributed by atoms with Crippen LogP contribution in [0.15, 0.2) is 46.9 Å². The summed E-state index contributed by atoms with van der Waals surface area (Å²) < 4.78 is 6.56. The number of ether oxygens (including phenoxy) is 1. The molecule has 0 unspecified atom stereocenters. The molecule has 2 nitrogen and oxygen atoms in total. The van der Waals surface area contributed by atoms with Gasteiger partial charge in [0.15, 0.2) is 0 Å². The number of anilines is 1. The smallest absolute Gasteiger partial charge is 0.136 e. The monoisotopic (exact) mass is 311 g/mol. The van der Waals surface area contributed by atoms with Gasteiger partial charge in [0.2, 0.25) is 0 Å². The van der Waals surface area contributed by atoms with Crippen LogP contribution in [-0.4, -0.2) is 0 Å². The normalized spacial score (nSPS) is 10.2. The Hall–Kier alpha value is -1.19. The second kappa shape index (κ2) is 5.43. The Morgan fingerprint density at radius 2 is 2.00 bits per heavy atom. The van der Waals surface area contributed by atoms with Gasteiger partial charge in [0, 0.05) is 16.8 Å². The van der Waals surface area contributed by atoms with Crippen molar-refractivity contribution in [3.63, 3.8) is 0 Å². The molecule has 0 atom stereocenters. The van der Waals surface area contributed by atoms with E-state index in [-0.39, 0.29) is 0 Å². The van der Waals surface area contributed by atoms with Crippen LogP contribution >= 0.6 is 27.5 Å². The van der Waals surface area contributed by atoms with Gasteiger partial charge in [0.1, 0.15) is 12.4 Å². The Bertz CT molecular complexity index is 531. The fraction of sp³-hybridized carbons (Fsp3) is 0.0769. The predicted octanol–water partition coefficient (Wildman–Crippen LogP) is 4.26. The van der Waals surface area contributed by atoms with Crippen molar-refractivity contribution < 1.29 is 4.74 Å². The summed E-state index contributed by atoms with van der Waals surface area (Å²) in [6.45, 7) is 0.461. The molecule has 0 amide bonds. The van der Waals surface area contributed by atoms with E-state index in [1.165, 1.54) is 0 Å². The first-order valence-electron chi connectivity index (χ1n) is 5.07. The summed E-state index contributed by atoms with van der Waals surface area (Å²) >= 11 is 9.31. The summed E-state index contributed by atoms with van der Waals surface area (Å²) in [4.78, 5) is 0. The highest BCUT2D eigenvalue weighted by molar-refractivity contribution is 9.10. The molecule has 2 aromatic rings. The lowest BCUT2D eigenvalue weighted by atomic mass is 10.2. The maximum absolute atomic E-state index is 5.90. The van der Waals surface area contributed by atoms with Crippen molar-refractivity contribution in [2.24, 2.45) is 0 Å². The van der Waals surface area contributed by atoms with Crippen molar-refractivity contribution >= 4 is 33.2 Å². The molecule has 0 aliphatic rings. The maximum atomic E-state index is 5.90. The number of nitrogen functional groups attached to an aromatic ring is 1. The molecule has 0 radical (unpaired) electrons. The number of rotatable bonds is 3. The lowest BCUT2D eigenvalue weighted by molar-refractivity contribution is 0.304. The Morgan fingerprint density at radius 3 is 2.76 bits per heavy atom. The van der Waals surface area contributed by atoms with Crippen LogP contribution in [0.2, 0.25) is 5.02 Å². The molecule has 0 aromatic heterocycles. The summed E-state index contributed by atoms with van der Waals surface area (Å²) in [6, 6.07) is 13.0. The van der Waals surface area contributed by atoms with Crippen LogP contribution < -0.4 is 10.5 Å². The standard InChI is InChI=1S/C13H11BrClNO/c14-12-5-4-11(16)7-13(12)17-8-9-2-1-3-10(15)6-9/h1-7H,8,16H2. The average molecular weight is 313 g/mol. The highest BCUT2D eigenvalue weighted by atomic mass is 79.9. The zero-order valence-electron chi connectivity index (χ0n) is 8.99. The van der Waals surface area contributed by atoms with Crippen LogP contribution in [0.5, 0.6) is 5.75 Å². The largest absolute Gasteiger partial charge is 0.488 e. The number of hydrogen-bond acceptors (Lipinski definition) is 2. The van der Waals surface area contributed by atoms with Gasteiger partial charge in [0.05, 0.1) is 4.47 Å². The van der Waals surface area contributed by atoms with Crippen LogP contribution in [0.4, 0.5) is 5.69 Å². The minimum atomic E-state index is 0.461. The van der Waals surface area contributed by atoms with Crippen LogP contribution in [-0.2, 0) is 6.61 Å². The van der Waals surface area contributed by atoms with Gasteiger partial charge in [-0.3, -0.25) is 0 Å². The van der Waals surface area contributed by atoms with E-state index in [9.17, 15) is 0 Å². The van der Waals surface area contributed by atoms with E-state index in [0.717, 1.165) is 15.8 Å². The van der Waals surface area contributed by atoms with E-state index in [1.54, 1.807) is 6.07 Å². The van der Waals surface area contributed by atoms with Crippen molar-refractivity contribution in [2.75, 3.05) is 5.73 Å². The van der Waals surface area contributed by atoms with Crippen molar-refractivity contribution in [2.45, 2.75) is 6.61 Å². The first-order chi connectivity index (χ1) is 8.15. The van der Waals surface area contributed by atoms with Crippen LogP contribution in [0.3, 0.4) is 0 Å². The first-order valence-corrected chi connectivity index (χ1v) is 6.24. The van der Waals surface area contributed by atoms with Crippen molar-refractivity contribution in [3.8, 4) is 5.75 Å². The third-order valence-electron chi connectivity index (χ3n) is 2.24. The molecule has 0 bridgehead atoms. The van der Waals surface area contributed by atoms with Gasteiger partial charge in [-0.15, -0.1) is 0 Å². The SMILES string of the molecule is Nc1ccc(Br)c(OCc2cccc(Cl)c2)c1. The zero-order chi connectivity index (χ0) is 12.3. The summed E-state index contributed by atoms with van der Waals surface area (Å²) in [5.41, 5.74) is 7.39. The fourth-order valence-corrected chi connectivity index (χ4v) is 1.99. The molecule has 4 heteroatoms. The minimum Gasteiger partial charge on any atom is -0.488 e. The second-order valence-corrected chi connectivity index (χ2v) is 4.90. The molecule has 2 rings (SSSR count). The Kier molecular flexibility index (Phi) is 3.92. The fourth-order valence-electron chi connectivity index (χ4n) is 1.42. The molecular weight excluding hydrogens is 302 g/mol. The zero-order valence-corrected chi connectivity index (χ0v) is 11.3. The Labute approximate surface area is 113 Å². The van der Waals surface area contributed by atoms with Gasteiger partial charge in [-0.25, -0.2) is 0 Å². The topological polar surface area (TPSA) is 35.2 Å². The van der Waals surface area contributed by atoms with Crippen LogP contribution in [0.25, 0.3) is 0 Å². The van der Waals surface area contributed by atoms with E-state index in [1.807, 2.05) is 36.4 Å². The molecule has 88 valence electrons. The van der Waals surface area contributed by atoms with Gasteiger partial charge < -0.3 is 10.5 Å². The highest BCUT2D eigenvalue weighted by Crippen LogP contribution is 2.27. The second-order valence-electron chi connectivity index (χ2n) is 3.61. The number of hydrogen-bond donors (Lipinski definition) is 1. The molecule has 0 heterocycles. The Balaban J connectivity index is 2.09. The van der Waals surface area contributed by atoms with Gasteiger partial charge in [-0.05, 0) is 45.8 Å². The molecule has 0 fully saturated rings. The van der Waals surface area contributed by atoms with Gasteiger partial charge in [-0.2, -0.15) is 0 Å². The minimum absolute atomic E-state index is 0.461. The lowest BCUT2D eigenvalue weighted by Crippen LogP contribution is -1.97. The van der Waals surface area contributed by atoms with E-state index in [0.29, 0.717) is 17.3 Å². The molecule has 0 aliphatic heterocycles. The predicted molar refractivity (Wildman–Crippen MR) is 74.3 cm³/mol. The molecule has 2 aromatic carbocycles. The highest BCUT2D eigenvalue weighted by Gasteiger charge is 2.02. The third-order valence-corrected chi connectivity index (χ3v) is 3.13. The van der Waals surface area contributed by atoms with Crippen LogP contribution in [0.1, 0.15) is 5.56 Å². The number of nitrogens with two attached hydrogens (primary N) is 1. The maximum Gasteiger partial charge on any atom is 0.136 e. The van der Waals surface area contributed by atoms with E-state index in [2.05, 4.69) is 15.9 Å². The van der Waals surface area contributed by atoms with Gasteiger partial charge >= 0.3 is 0 Å². The molecular formula is C13H11BrClNO. The average Bonchev–Trinajstić information content (AvgIpc) is 2.30. The number of halogens is 2. The quantitative estimate of drug-likeness (QED) is 0.859. The summed E-state index contributed by atoms with van der Waals surface area (Å²) in [7, 11) is 0. The Morgan fingerprint density at radius 1 is 1.18 bits per heavy atom. The molecule has 0 aliphatic carbocycles. The van der Waals surface area contributed by atoms with Crippen LogP contribution in [0, 0.1) is 0 Å². The third kappa shape index (κ3) is 3.38. The molecule has 0 spiro atoms. The van der Waals surface area contributed by atoms with Gasteiger partial charge in [0.25, 0.3) is 0 Å². The summed E-state index contributed by atoms with van der Waals surface area (Å²) in [5, 5.41) is 0.706.